The van der Waals surface area contributed by atoms with Gasteiger partial charge >= 0.3 is 8.80 Å². The van der Waals surface area contributed by atoms with Gasteiger partial charge in [0.1, 0.15) is 0 Å². The summed E-state index contributed by atoms with van der Waals surface area (Å²) >= 11 is 0. The molecule has 5 heteroatoms. The van der Waals surface area contributed by atoms with E-state index in [4.69, 9.17) is 13.3 Å². The van der Waals surface area contributed by atoms with Gasteiger partial charge in [0.15, 0.2) is 0 Å². The highest BCUT2D eigenvalue weighted by atomic mass is 28.4. The maximum absolute atomic E-state index is 5.83. The van der Waals surface area contributed by atoms with Crippen LogP contribution < -0.4 is 0 Å². The van der Waals surface area contributed by atoms with Crippen molar-refractivity contribution in [1.29, 1.82) is 0 Å². The molecular weight excluding hydrogens is 222 g/mol. The monoisotopic (exact) mass is 247 g/mol. The molecule has 1 aliphatic heterocycles. The third-order valence-corrected chi connectivity index (χ3v) is 5.73. The molecule has 0 unspecified atom stereocenters. The maximum atomic E-state index is 5.83. The van der Waals surface area contributed by atoms with Crippen LogP contribution in [0.15, 0.2) is 0 Å². The average molecular weight is 247 g/mol. The van der Waals surface area contributed by atoms with Gasteiger partial charge in [-0.2, -0.15) is 0 Å². The molecule has 0 aromatic heterocycles. The summed E-state index contributed by atoms with van der Waals surface area (Å²) in [5.41, 5.74) is 0. The van der Waals surface area contributed by atoms with Crippen LogP contribution in [-0.4, -0.2) is 52.8 Å². The van der Waals surface area contributed by atoms with Crippen molar-refractivity contribution in [2.24, 2.45) is 0 Å². The molecule has 16 heavy (non-hydrogen) atoms. The molecular formula is C11H25NO3Si. The first-order valence-corrected chi connectivity index (χ1v) is 8.33. The van der Waals surface area contributed by atoms with Gasteiger partial charge in [0, 0.05) is 19.8 Å². The number of nitrogens with zero attached hydrogens (tertiary/aromatic N) is 1. The lowest BCUT2D eigenvalue weighted by atomic mass is 10.4. The fourth-order valence-corrected chi connectivity index (χ4v) is 4.84. The van der Waals surface area contributed by atoms with E-state index in [1.165, 1.54) is 12.8 Å². The van der Waals surface area contributed by atoms with Gasteiger partial charge in [-0.15, -0.1) is 0 Å². The van der Waals surface area contributed by atoms with Crippen molar-refractivity contribution in [3.8, 4) is 0 Å². The molecule has 0 aromatic carbocycles. The van der Waals surface area contributed by atoms with E-state index in [0.29, 0.717) is 19.8 Å². The van der Waals surface area contributed by atoms with Crippen LogP contribution in [0.3, 0.4) is 0 Å². The summed E-state index contributed by atoms with van der Waals surface area (Å²) in [6, 6.07) is 0. The van der Waals surface area contributed by atoms with E-state index in [1.807, 2.05) is 20.8 Å². The molecule has 0 N–H and O–H groups in total. The maximum Gasteiger partial charge on any atom is 0.515 e. The Morgan fingerprint density at radius 3 is 1.69 bits per heavy atom. The Bertz CT molecular complexity index is 169. The van der Waals surface area contributed by atoms with E-state index in [-0.39, 0.29) is 0 Å². The number of likely N-dealkylation sites (tertiary alicyclic amines) is 1. The van der Waals surface area contributed by atoms with Crippen LogP contribution in [0.5, 0.6) is 0 Å². The van der Waals surface area contributed by atoms with E-state index >= 15 is 0 Å². The van der Waals surface area contributed by atoms with Gasteiger partial charge in [-0.1, -0.05) is 0 Å². The summed E-state index contributed by atoms with van der Waals surface area (Å²) in [4.78, 5) is 2.41. The van der Waals surface area contributed by atoms with Gasteiger partial charge < -0.3 is 13.3 Å². The second kappa shape index (κ2) is 7.40. The SMILES string of the molecule is CCO[Si](CN1CCCC1)(OCC)OCC. The lowest BCUT2D eigenvalue weighted by Crippen LogP contribution is -2.55. The molecule has 0 aromatic rings. The number of hydrogen-bond donors (Lipinski definition) is 0. The minimum Gasteiger partial charge on any atom is -0.373 e. The first-order chi connectivity index (χ1) is 7.76. The number of hydrogen-bond acceptors (Lipinski definition) is 4. The Hall–Kier alpha value is 0.0569. The first-order valence-electron chi connectivity index (χ1n) is 6.40. The lowest BCUT2D eigenvalue weighted by molar-refractivity contribution is 0.0594. The minimum atomic E-state index is -2.43. The minimum absolute atomic E-state index is 0.667. The van der Waals surface area contributed by atoms with Crippen molar-refractivity contribution in [1.82, 2.24) is 4.90 Å². The largest absolute Gasteiger partial charge is 0.515 e. The highest BCUT2D eigenvalue weighted by molar-refractivity contribution is 6.60. The predicted molar refractivity (Wildman–Crippen MR) is 66.3 cm³/mol. The van der Waals surface area contributed by atoms with E-state index < -0.39 is 8.80 Å². The highest BCUT2D eigenvalue weighted by Crippen LogP contribution is 2.16. The Balaban J connectivity index is 2.56. The van der Waals surface area contributed by atoms with Crippen LogP contribution in [0.4, 0.5) is 0 Å². The van der Waals surface area contributed by atoms with Crippen LogP contribution in [0, 0.1) is 0 Å². The van der Waals surface area contributed by atoms with Gasteiger partial charge in [0.2, 0.25) is 0 Å². The molecule has 0 aliphatic carbocycles. The summed E-state index contributed by atoms with van der Waals surface area (Å²) in [6.45, 7) is 10.3. The van der Waals surface area contributed by atoms with Gasteiger partial charge in [-0.05, 0) is 46.7 Å². The second-order valence-corrected chi connectivity index (χ2v) is 6.51. The van der Waals surface area contributed by atoms with Gasteiger partial charge in [0.05, 0.1) is 6.17 Å². The molecule has 0 atom stereocenters. The van der Waals surface area contributed by atoms with Crippen LogP contribution in [0.25, 0.3) is 0 Å². The van der Waals surface area contributed by atoms with Gasteiger partial charge in [-0.25, -0.2) is 0 Å². The normalized spacial score (nSPS) is 18.2. The Morgan fingerprint density at radius 2 is 1.31 bits per heavy atom. The van der Waals surface area contributed by atoms with Gasteiger partial charge in [0.25, 0.3) is 0 Å². The Kier molecular flexibility index (Phi) is 6.53. The standard InChI is InChI=1S/C11H25NO3Si/c1-4-13-16(14-5-2,15-6-3)11-12-9-7-8-10-12/h4-11H2,1-3H3. The number of rotatable bonds is 8. The van der Waals surface area contributed by atoms with E-state index in [9.17, 15) is 0 Å². The summed E-state index contributed by atoms with van der Waals surface area (Å²) in [6.07, 6.45) is 3.42. The van der Waals surface area contributed by atoms with Crippen molar-refractivity contribution in [3.05, 3.63) is 0 Å². The lowest BCUT2D eigenvalue weighted by Gasteiger charge is -2.31. The fourth-order valence-electron chi connectivity index (χ4n) is 2.14. The summed E-state index contributed by atoms with van der Waals surface area (Å²) in [5.74, 6) is 0. The molecule has 4 nitrogen and oxygen atoms in total. The van der Waals surface area contributed by atoms with Gasteiger partial charge in [-0.3, -0.25) is 4.90 Å². The average Bonchev–Trinajstić information content (AvgIpc) is 2.71. The van der Waals surface area contributed by atoms with Crippen molar-refractivity contribution >= 4 is 8.80 Å². The topological polar surface area (TPSA) is 30.9 Å². The zero-order valence-corrected chi connectivity index (χ0v) is 11.8. The van der Waals surface area contributed by atoms with Crippen molar-refractivity contribution in [2.45, 2.75) is 33.6 Å². The molecule has 0 saturated carbocycles. The fraction of sp³-hybridized carbons (Fsp3) is 1.00. The van der Waals surface area contributed by atoms with E-state index in [2.05, 4.69) is 4.90 Å². The molecule has 1 heterocycles. The molecule has 0 bridgehead atoms. The molecule has 96 valence electrons. The molecule has 1 fully saturated rings. The zero-order valence-electron chi connectivity index (χ0n) is 10.8. The third-order valence-electron chi connectivity index (χ3n) is 2.71. The first kappa shape index (κ1) is 14.1. The molecule has 1 rings (SSSR count). The van der Waals surface area contributed by atoms with Crippen molar-refractivity contribution < 1.29 is 13.3 Å². The Labute approximate surface area is 100 Å². The Morgan fingerprint density at radius 1 is 0.875 bits per heavy atom. The molecule has 1 aliphatic rings. The molecule has 0 amide bonds. The van der Waals surface area contributed by atoms with Crippen LogP contribution in [-0.2, 0) is 13.3 Å². The van der Waals surface area contributed by atoms with Crippen molar-refractivity contribution in [2.75, 3.05) is 39.1 Å². The van der Waals surface area contributed by atoms with E-state index in [0.717, 1.165) is 19.3 Å². The smallest absolute Gasteiger partial charge is 0.373 e. The summed E-state index contributed by atoms with van der Waals surface area (Å²) in [5, 5.41) is 0. The molecule has 1 saturated heterocycles. The molecule has 0 radical (unpaired) electrons. The highest BCUT2D eigenvalue weighted by Gasteiger charge is 2.42. The zero-order chi connectivity index (χ0) is 11.9. The molecule has 0 spiro atoms. The summed E-state index contributed by atoms with van der Waals surface area (Å²) < 4.78 is 17.5. The predicted octanol–water partition coefficient (Wildman–Crippen LogP) is 1.67. The second-order valence-electron chi connectivity index (χ2n) is 3.97. The third kappa shape index (κ3) is 4.14. The van der Waals surface area contributed by atoms with Crippen LogP contribution in [0.2, 0.25) is 0 Å². The summed E-state index contributed by atoms with van der Waals surface area (Å²) in [7, 11) is -2.43. The van der Waals surface area contributed by atoms with E-state index in [1.54, 1.807) is 0 Å². The van der Waals surface area contributed by atoms with Crippen molar-refractivity contribution in [3.63, 3.8) is 0 Å². The van der Waals surface area contributed by atoms with Crippen LogP contribution in [0.1, 0.15) is 33.6 Å². The quantitative estimate of drug-likeness (QED) is 0.611. The van der Waals surface area contributed by atoms with Crippen LogP contribution >= 0.6 is 0 Å².